The van der Waals surface area contributed by atoms with Crippen LogP contribution < -0.4 is 10.1 Å². The van der Waals surface area contributed by atoms with Crippen molar-refractivity contribution >= 4 is 23.3 Å². The first-order valence-electron chi connectivity index (χ1n) is 9.31. The minimum Gasteiger partial charge on any atom is -0.484 e. The largest absolute Gasteiger partial charge is 0.484 e. The quantitative estimate of drug-likeness (QED) is 0.591. The summed E-state index contributed by atoms with van der Waals surface area (Å²) < 4.78 is 5.44. The van der Waals surface area contributed by atoms with Crippen LogP contribution in [-0.4, -0.2) is 46.3 Å². The lowest BCUT2D eigenvalue weighted by atomic mass is 9.97. The van der Waals surface area contributed by atoms with Gasteiger partial charge in [-0.3, -0.25) is 19.7 Å². The van der Waals surface area contributed by atoms with E-state index in [2.05, 4.69) is 10.3 Å². The van der Waals surface area contributed by atoms with Crippen LogP contribution in [0, 0.1) is 23.0 Å². The molecule has 152 valence electrons. The predicted molar refractivity (Wildman–Crippen MR) is 105 cm³/mol. The molecule has 1 aliphatic rings. The summed E-state index contributed by atoms with van der Waals surface area (Å²) in [6, 6.07) is 9.22. The van der Waals surface area contributed by atoms with Crippen molar-refractivity contribution in [2.75, 3.05) is 25.0 Å². The van der Waals surface area contributed by atoms with E-state index in [0.29, 0.717) is 31.1 Å². The van der Waals surface area contributed by atoms with E-state index < -0.39 is 4.92 Å². The predicted octanol–water partition coefficient (Wildman–Crippen LogP) is 2.55. The zero-order chi connectivity index (χ0) is 20.8. The Morgan fingerprint density at radius 2 is 2.07 bits per heavy atom. The average Bonchev–Trinajstić information content (AvgIpc) is 2.74. The normalized spacial score (nSPS) is 16.2. The number of rotatable bonds is 6. The molecule has 0 bridgehead atoms. The van der Waals surface area contributed by atoms with E-state index >= 15 is 0 Å². The number of anilines is 1. The molecule has 0 spiro atoms. The van der Waals surface area contributed by atoms with Crippen LogP contribution in [-0.2, 0) is 9.59 Å². The molecule has 2 heterocycles. The zero-order valence-electron chi connectivity index (χ0n) is 16.0. The molecular formula is C20H22N4O5. The number of nitro benzene ring substituents is 1. The van der Waals surface area contributed by atoms with Gasteiger partial charge in [-0.25, -0.2) is 4.98 Å². The number of nitrogens with one attached hydrogen (secondary N) is 1. The summed E-state index contributed by atoms with van der Waals surface area (Å²) in [5.41, 5.74) is 0.831. The second-order valence-electron chi connectivity index (χ2n) is 6.88. The van der Waals surface area contributed by atoms with Crippen LogP contribution in [0.15, 0.2) is 42.6 Å². The molecule has 1 fully saturated rings. The van der Waals surface area contributed by atoms with Crippen LogP contribution in [0.3, 0.4) is 0 Å². The van der Waals surface area contributed by atoms with Gasteiger partial charge in [0, 0.05) is 31.4 Å². The van der Waals surface area contributed by atoms with Crippen molar-refractivity contribution in [2.45, 2.75) is 19.8 Å². The fraction of sp³-hybridized carbons (Fsp3) is 0.350. The number of nitrogens with zero attached hydrogens (tertiary/aromatic N) is 3. The highest BCUT2D eigenvalue weighted by Crippen LogP contribution is 2.21. The van der Waals surface area contributed by atoms with Crippen LogP contribution in [0.2, 0.25) is 0 Å². The van der Waals surface area contributed by atoms with Gasteiger partial charge in [-0.15, -0.1) is 0 Å². The Hall–Kier alpha value is -3.49. The van der Waals surface area contributed by atoms with Gasteiger partial charge < -0.3 is 15.0 Å². The number of nitro groups is 1. The molecule has 1 unspecified atom stereocenters. The van der Waals surface area contributed by atoms with Gasteiger partial charge in [-0.1, -0.05) is 6.07 Å². The summed E-state index contributed by atoms with van der Waals surface area (Å²) in [7, 11) is 0. The minimum absolute atomic E-state index is 0.0447. The lowest BCUT2D eigenvalue weighted by Crippen LogP contribution is -2.45. The Labute approximate surface area is 167 Å². The molecule has 9 nitrogen and oxygen atoms in total. The lowest BCUT2D eigenvalue weighted by molar-refractivity contribution is -0.384. The fourth-order valence-corrected chi connectivity index (χ4v) is 3.15. The standard InChI is InChI=1S/C20H22N4O5/c1-14-4-2-10-21-19(14)22-20(26)15-5-3-11-23(12-15)18(25)13-29-17-8-6-16(7-9-17)24(27)28/h2,4,6-10,15H,3,5,11-13H2,1H3,(H,21,22,26). The van der Waals surface area contributed by atoms with Crippen molar-refractivity contribution in [3.05, 3.63) is 58.3 Å². The number of amides is 2. The number of carbonyl (C=O) groups excluding carboxylic acids is 2. The Morgan fingerprint density at radius 1 is 1.31 bits per heavy atom. The fourth-order valence-electron chi connectivity index (χ4n) is 3.15. The number of hydrogen-bond donors (Lipinski definition) is 1. The first-order chi connectivity index (χ1) is 13.9. The number of aryl methyl sites for hydroxylation is 1. The number of carbonyl (C=O) groups is 2. The molecule has 1 aliphatic heterocycles. The maximum Gasteiger partial charge on any atom is 0.269 e. The number of benzene rings is 1. The summed E-state index contributed by atoms with van der Waals surface area (Å²) >= 11 is 0. The van der Waals surface area contributed by atoms with Gasteiger partial charge in [0.05, 0.1) is 10.8 Å². The summed E-state index contributed by atoms with van der Waals surface area (Å²) in [6.45, 7) is 2.56. The molecule has 1 N–H and O–H groups in total. The number of hydrogen-bond acceptors (Lipinski definition) is 6. The molecule has 1 atom stereocenters. The van der Waals surface area contributed by atoms with Gasteiger partial charge in [0.15, 0.2) is 6.61 Å². The SMILES string of the molecule is Cc1cccnc1NC(=O)C1CCCN(C(=O)COc2ccc([N+](=O)[O-])cc2)C1. The minimum atomic E-state index is -0.500. The Kier molecular flexibility index (Phi) is 6.38. The highest BCUT2D eigenvalue weighted by molar-refractivity contribution is 5.93. The molecule has 2 aromatic rings. The van der Waals surface area contributed by atoms with Crippen molar-refractivity contribution in [1.29, 1.82) is 0 Å². The van der Waals surface area contributed by atoms with Gasteiger partial charge in [0.1, 0.15) is 11.6 Å². The molecule has 9 heteroatoms. The van der Waals surface area contributed by atoms with E-state index in [-0.39, 0.29) is 30.0 Å². The maximum absolute atomic E-state index is 12.6. The molecule has 0 aliphatic carbocycles. The summed E-state index contributed by atoms with van der Waals surface area (Å²) in [4.78, 5) is 41.0. The molecular weight excluding hydrogens is 376 g/mol. The molecule has 1 saturated heterocycles. The van der Waals surface area contributed by atoms with Gasteiger partial charge in [-0.2, -0.15) is 0 Å². The number of pyridine rings is 1. The molecule has 1 aromatic carbocycles. The van der Waals surface area contributed by atoms with Crippen LogP contribution in [0.4, 0.5) is 11.5 Å². The van der Waals surface area contributed by atoms with Crippen LogP contribution >= 0.6 is 0 Å². The number of aromatic nitrogens is 1. The molecule has 0 radical (unpaired) electrons. The second-order valence-corrected chi connectivity index (χ2v) is 6.88. The van der Waals surface area contributed by atoms with E-state index in [1.54, 1.807) is 17.2 Å². The van der Waals surface area contributed by atoms with Crippen LogP contribution in [0.25, 0.3) is 0 Å². The third kappa shape index (κ3) is 5.28. The first kappa shape index (κ1) is 20.2. The Balaban J connectivity index is 1.52. The zero-order valence-corrected chi connectivity index (χ0v) is 16.0. The van der Waals surface area contributed by atoms with E-state index in [4.69, 9.17) is 4.74 Å². The molecule has 29 heavy (non-hydrogen) atoms. The van der Waals surface area contributed by atoms with Crippen molar-refractivity contribution < 1.29 is 19.2 Å². The molecule has 1 aromatic heterocycles. The summed E-state index contributed by atoms with van der Waals surface area (Å²) in [5, 5.41) is 13.5. The third-order valence-corrected chi connectivity index (χ3v) is 4.81. The Morgan fingerprint density at radius 3 is 2.76 bits per heavy atom. The second kappa shape index (κ2) is 9.13. The molecule has 2 amide bonds. The Bertz CT molecular complexity index is 900. The van der Waals surface area contributed by atoms with Crippen molar-refractivity contribution in [2.24, 2.45) is 5.92 Å². The van der Waals surface area contributed by atoms with Crippen molar-refractivity contribution in [3.8, 4) is 5.75 Å². The number of ether oxygens (including phenoxy) is 1. The molecule has 3 rings (SSSR count). The van der Waals surface area contributed by atoms with Crippen LogP contribution in [0.1, 0.15) is 18.4 Å². The molecule has 0 saturated carbocycles. The lowest BCUT2D eigenvalue weighted by Gasteiger charge is -2.32. The van der Waals surface area contributed by atoms with Gasteiger partial charge in [0.25, 0.3) is 11.6 Å². The highest BCUT2D eigenvalue weighted by Gasteiger charge is 2.29. The smallest absolute Gasteiger partial charge is 0.269 e. The van der Waals surface area contributed by atoms with Crippen LogP contribution in [0.5, 0.6) is 5.75 Å². The highest BCUT2D eigenvalue weighted by atomic mass is 16.6. The number of likely N-dealkylation sites (tertiary alicyclic amines) is 1. The van der Waals surface area contributed by atoms with E-state index in [0.717, 1.165) is 12.0 Å². The van der Waals surface area contributed by atoms with Crippen molar-refractivity contribution in [3.63, 3.8) is 0 Å². The summed E-state index contributed by atoms with van der Waals surface area (Å²) in [5.74, 6) is 0.215. The van der Waals surface area contributed by atoms with Gasteiger partial charge in [0.2, 0.25) is 5.91 Å². The van der Waals surface area contributed by atoms with Gasteiger partial charge >= 0.3 is 0 Å². The van der Waals surface area contributed by atoms with E-state index in [1.165, 1.54) is 24.3 Å². The number of piperidine rings is 1. The summed E-state index contributed by atoms with van der Waals surface area (Å²) in [6.07, 6.45) is 3.04. The topological polar surface area (TPSA) is 115 Å². The number of non-ortho nitro benzene ring substituents is 1. The first-order valence-corrected chi connectivity index (χ1v) is 9.31. The van der Waals surface area contributed by atoms with Crippen molar-refractivity contribution in [1.82, 2.24) is 9.88 Å². The maximum atomic E-state index is 12.6. The van der Waals surface area contributed by atoms with E-state index in [1.807, 2.05) is 13.0 Å². The third-order valence-electron chi connectivity index (χ3n) is 4.81. The van der Waals surface area contributed by atoms with E-state index in [9.17, 15) is 19.7 Å². The average molecular weight is 398 g/mol. The monoisotopic (exact) mass is 398 g/mol. The van der Waals surface area contributed by atoms with Gasteiger partial charge in [-0.05, 0) is 43.5 Å².